The van der Waals surface area contributed by atoms with Crippen LogP contribution in [0.1, 0.15) is 29.8 Å². The third kappa shape index (κ3) is 2.50. The largest absolute Gasteiger partial charge is 0.339 e. The highest BCUT2D eigenvalue weighted by molar-refractivity contribution is 6.05. The smallest absolute Gasteiger partial charge is 0.257 e. The molecule has 0 saturated carbocycles. The van der Waals surface area contributed by atoms with Crippen LogP contribution in [0.25, 0.3) is 33.6 Å². The molecule has 4 rings (SSSR count). The number of rotatable bonds is 4. The van der Waals surface area contributed by atoms with Gasteiger partial charge in [-0.25, -0.2) is 9.97 Å². The number of aromatic nitrogens is 6. The van der Waals surface area contributed by atoms with E-state index in [9.17, 15) is 4.79 Å². The van der Waals surface area contributed by atoms with Crippen molar-refractivity contribution in [3.63, 3.8) is 0 Å². The molecular weight excluding hydrogens is 330 g/mol. The zero-order valence-electron chi connectivity index (χ0n) is 14.9. The van der Waals surface area contributed by atoms with Crippen molar-refractivity contribution in [1.82, 2.24) is 35.0 Å². The van der Waals surface area contributed by atoms with Crippen molar-refractivity contribution in [3.8, 4) is 11.5 Å². The predicted octanol–water partition coefficient (Wildman–Crippen LogP) is 2.69. The minimum Gasteiger partial charge on any atom is -0.339 e. The minimum absolute atomic E-state index is 0.0712. The van der Waals surface area contributed by atoms with Crippen LogP contribution in [0.3, 0.4) is 0 Å². The number of pyridine rings is 2. The summed E-state index contributed by atoms with van der Waals surface area (Å²) in [6.07, 6.45) is 5.02. The first kappa shape index (κ1) is 16.2. The van der Waals surface area contributed by atoms with Gasteiger partial charge in [-0.3, -0.25) is 14.9 Å². The van der Waals surface area contributed by atoms with Crippen LogP contribution < -0.4 is 0 Å². The molecule has 0 fully saturated rings. The molecular formula is C18H19N7O. The first-order valence-corrected chi connectivity index (χ1v) is 8.56. The number of fused-ring (bicyclic) bond motifs is 2. The summed E-state index contributed by atoms with van der Waals surface area (Å²) in [5.41, 5.74) is 4.22. The van der Waals surface area contributed by atoms with E-state index in [1.807, 2.05) is 26.8 Å². The molecule has 0 radical (unpaired) electrons. The third-order valence-corrected chi connectivity index (χ3v) is 4.46. The van der Waals surface area contributed by atoms with Gasteiger partial charge in [0.2, 0.25) is 0 Å². The highest BCUT2D eigenvalue weighted by Gasteiger charge is 2.20. The van der Waals surface area contributed by atoms with Gasteiger partial charge in [0.1, 0.15) is 11.2 Å². The zero-order valence-corrected chi connectivity index (χ0v) is 14.9. The van der Waals surface area contributed by atoms with E-state index in [1.165, 1.54) is 0 Å². The van der Waals surface area contributed by atoms with E-state index >= 15 is 0 Å². The molecule has 8 nitrogen and oxygen atoms in total. The number of hydrogen-bond acceptors (Lipinski definition) is 5. The van der Waals surface area contributed by atoms with Crippen molar-refractivity contribution >= 4 is 28.0 Å². The van der Waals surface area contributed by atoms with Gasteiger partial charge in [-0.05, 0) is 32.4 Å². The van der Waals surface area contributed by atoms with Crippen molar-refractivity contribution < 1.29 is 4.79 Å². The molecule has 0 aliphatic rings. The van der Waals surface area contributed by atoms with Gasteiger partial charge >= 0.3 is 0 Å². The summed E-state index contributed by atoms with van der Waals surface area (Å²) < 4.78 is 0. The van der Waals surface area contributed by atoms with E-state index in [2.05, 4.69) is 30.1 Å². The van der Waals surface area contributed by atoms with Crippen LogP contribution in [-0.2, 0) is 0 Å². The van der Waals surface area contributed by atoms with Crippen LogP contribution in [0.4, 0.5) is 0 Å². The Bertz CT molecular complexity index is 1110. The quantitative estimate of drug-likeness (QED) is 0.589. The summed E-state index contributed by atoms with van der Waals surface area (Å²) in [4.78, 5) is 30.9. The highest BCUT2D eigenvalue weighted by atomic mass is 16.2. The van der Waals surface area contributed by atoms with Gasteiger partial charge in [-0.15, -0.1) is 0 Å². The molecule has 0 atom stereocenters. The van der Waals surface area contributed by atoms with Crippen LogP contribution in [0.15, 0.2) is 24.7 Å². The van der Waals surface area contributed by atoms with Gasteiger partial charge < -0.3 is 9.88 Å². The molecule has 4 aromatic heterocycles. The van der Waals surface area contributed by atoms with Gasteiger partial charge in [0.15, 0.2) is 11.5 Å². The average molecular weight is 349 g/mol. The van der Waals surface area contributed by atoms with E-state index in [4.69, 9.17) is 0 Å². The van der Waals surface area contributed by atoms with Gasteiger partial charge in [0.25, 0.3) is 5.91 Å². The first-order valence-electron chi connectivity index (χ1n) is 8.56. The number of aromatic amines is 2. The maximum absolute atomic E-state index is 12.8. The van der Waals surface area contributed by atoms with E-state index in [0.717, 1.165) is 16.6 Å². The lowest BCUT2D eigenvalue weighted by molar-refractivity contribution is 0.0774. The second kappa shape index (κ2) is 6.21. The fourth-order valence-electron chi connectivity index (χ4n) is 3.07. The summed E-state index contributed by atoms with van der Waals surface area (Å²) in [6.45, 7) is 7.17. The van der Waals surface area contributed by atoms with Gasteiger partial charge in [-0.1, -0.05) is 0 Å². The van der Waals surface area contributed by atoms with Crippen LogP contribution in [0, 0.1) is 6.92 Å². The summed E-state index contributed by atoms with van der Waals surface area (Å²) >= 11 is 0. The number of nitrogens with zero attached hydrogens (tertiary/aromatic N) is 5. The number of nitrogens with one attached hydrogen (secondary N) is 2. The summed E-state index contributed by atoms with van der Waals surface area (Å²) in [5.74, 6) is 0.537. The fraction of sp³-hybridized carbons (Fsp3) is 0.278. The Labute approximate surface area is 149 Å². The molecule has 0 spiro atoms. The van der Waals surface area contributed by atoms with E-state index < -0.39 is 0 Å². The first-order chi connectivity index (χ1) is 12.6. The maximum Gasteiger partial charge on any atom is 0.257 e. The molecule has 0 unspecified atom stereocenters. The SMILES string of the molecule is CCN(CC)C(=O)c1cncc2[nH]c(-c3[nH]nc4ncc(C)cc34)nc12. The number of hydrogen-bond donors (Lipinski definition) is 2. The Kier molecular flexibility index (Phi) is 3.87. The lowest BCUT2D eigenvalue weighted by Gasteiger charge is -2.18. The molecule has 0 bridgehead atoms. The Morgan fingerprint density at radius 3 is 2.77 bits per heavy atom. The number of amides is 1. The summed E-state index contributed by atoms with van der Waals surface area (Å²) in [7, 11) is 0. The number of H-pyrrole nitrogens is 2. The second-order valence-corrected chi connectivity index (χ2v) is 6.13. The molecule has 2 N–H and O–H groups in total. The van der Waals surface area contributed by atoms with Crippen molar-refractivity contribution in [2.24, 2.45) is 0 Å². The molecule has 132 valence electrons. The van der Waals surface area contributed by atoms with Crippen LogP contribution in [0.5, 0.6) is 0 Å². The van der Waals surface area contributed by atoms with Crippen molar-refractivity contribution in [2.45, 2.75) is 20.8 Å². The van der Waals surface area contributed by atoms with E-state index in [0.29, 0.717) is 41.2 Å². The fourth-order valence-corrected chi connectivity index (χ4v) is 3.07. The standard InChI is InChI=1S/C18H19N7O/c1-4-25(5-2)18(26)12-8-19-9-13-14(12)22-17(21-13)15-11-6-10(3)7-20-16(11)24-23-15/h6-9H,4-5H2,1-3H3,(H,21,22)(H,20,23,24). The average Bonchev–Trinajstić information content (AvgIpc) is 3.25. The topological polar surface area (TPSA) is 103 Å². The van der Waals surface area contributed by atoms with Crippen molar-refractivity contribution in [1.29, 1.82) is 0 Å². The Hall–Kier alpha value is -3.29. The zero-order chi connectivity index (χ0) is 18.3. The number of carbonyl (C=O) groups is 1. The number of imidazole rings is 1. The molecule has 0 aliphatic heterocycles. The number of aryl methyl sites for hydroxylation is 1. The Morgan fingerprint density at radius 2 is 2.00 bits per heavy atom. The molecule has 4 heterocycles. The van der Waals surface area contributed by atoms with Gasteiger partial charge in [0, 0.05) is 25.5 Å². The Balaban J connectivity index is 1.87. The van der Waals surface area contributed by atoms with Crippen molar-refractivity contribution in [3.05, 3.63) is 35.8 Å². The van der Waals surface area contributed by atoms with Crippen LogP contribution >= 0.6 is 0 Å². The van der Waals surface area contributed by atoms with E-state index in [1.54, 1.807) is 23.5 Å². The minimum atomic E-state index is -0.0712. The molecule has 26 heavy (non-hydrogen) atoms. The van der Waals surface area contributed by atoms with Gasteiger partial charge in [0.05, 0.1) is 22.7 Å². The lowest BCUT2D eigenvalue weighted by atomic mass is 10.2. The second-order valence-electron chi connectivity index (χ2n) is 6.13. The van der Waals surface area contributed by atoms with Crippen LogP contribution in [0.2, 0.25) is 0 Å². The molecule has 0 aliphatic carbocycles. The van der Waals surface area contributed by atoms with Crippen LogP contribution in [-0.4, -0.2) is 54.0 Å². The number of carbonyl (C=O) groups excluding carboxylic acids is 1. The third-order valence-electron chi connectivity index (χ3n) is 4.46. The maximum atomic E-state index is 12.8. The lowest BCUT2D eigenvalue weighted by Crippen LogP contribution is -2.30. The van der Waals surface area contributed by atoms with Gasteiger partial charge in [-0.2, -0.15) is 5.10 Å². The Morgan fingerprint density at radius 1 is 1.19 bits per heavy atom. The predicted molar refractivity (Wildman–Crippen MR) is 98.8 cm³/mol. The van der Waals surface area contributed by atoms with E-state index in [-0.39, 0.29) is 5.91 Å². The van der Waals surface area contributed by atoms with Crippen molar-refractivity contribution in [2.75, 3.05) is 13.1 Å². The summed E-state index contributed by atoms with van der Waals surface area (Å²) in [6, 6.07) is 2.01. The monoisotopic (exact) mass is 349 g/mol. The molecule has 8 heteroatoms. The molecule has 0 aromatic carbocycles. The highest BCUT2D eigenvalue weighted by Crippen LogP contribution is 2.27. The normalized spacial score (nSPS) is 11.3. The molecule has 4 aromatic rings. The molecule has 1 amide bonds. The molecule has 0 saturated heterocycles. The summed E-state index contributed by atoms with van der Waals surface area (Å²) in [5, 5.41) is 8.10.